The first-order valence-corrected chi connectivity index (χ1v) is 6.71. The van der Waals surface area contributed by atoms with Crippen LogP contribution in [0.2, 0.25) is 0 Å². The molecule has 0 bridgehead atoms. The monoisotopic (exact) mass is 306 g/mol. The lowest BCUT2D eigenvalue weighted by Gasteiger charge is -2.14. The van der Waals surface area contributed by atoms with Crippen molar-refractivity contribution in [2.75, 3.05) is 0 Å². The highest BCUT2D eigenvalue weighted by molar-refractivity contribution is 9.10. The second kappa shape index (κ2) is 6.07. The van der Waals surface area contributed by atoms with Gasteiger partial charge in [-0.05, 0) is 51.7 Å². The van der Waals surface area contributed by atoms with E-state index in [1.54, 1.807) is 12.4 Å². The van der Waals surface area contributed by atoms with E-state index >= 15 is 0 Å². The van der Waals surface area contributed by atoms with Crippen LogP contribution in [0.25, 0.3) is 0 Å². The molecule has 0 fully saturated rings. The van der Waals surface area contributed by atoms with Crippen molar-refractivity contribution in [3.8, 4) is 0 Å². The molecule has 0 aromatic carbocycles. The van der Waals surface area contributed by atoms with Gasteiger partial charge in [-0.1, -0.05) is 6.92 Å². The average molecular weight is 307 g/mol. The Balaban J connectivity index is 2.16. The van der Waals surface area contributed by atoms with Crippen LogP contribution in [0.3, 0.4) is 0 Å². The predicted octanol–water partition coefficient (Wildman–Crippen LogP) is 3.08. The second-order valence-corrected chi connectivity index (χ2v) is 5.03. The van der Waals surface area contributed by atoms with Crippen molar-refractivity contribution in [2.24, 2.45) is 0 Å². The molecule has 0 radical (unpaired) electrons. The van der Waals surface area contributed by atoms with Gasteiger partial charge in [-0.25, -0.2) is 0 Å². The number of halogens is 1. The molecule has 2 aromatic rings. The number of pyridine rings is 2. The molecule has 0 aliphatic heterocycles. The van der Waals surface area contributed by atoms with E-state index in [4.69, 9.17) is 0 Å². The lowest BCUT2D eigenvalue weighted by atomic mass is 9.99. The van der Waals surface area contributed by atoms with Crippen LogP contribution < -0.4 is 0 Å². The SMILES string of the molecule is CCc1cnccc1C(O)Cc1ccc(Br)cn1. The van der Waals surface area contributed by atoms with Crippen LogP contribution in [0, 0.1) is 0 Å². The minimum atomic E-state index is -0.531. The molecule has 4 heteroatoms. The molecule has 2 aromatic heterocycles. The summed E-state index contributed by atoms with van der Waals surface area (Å²) in [6.07, 6.45) is 6.13. The molecular formula is C14H15BrN2O. The van der Waals surface area contributed by atoms with Gasteiger partial charge in [0.1, 0.15) is 0 Å². The fraction of sp³-hybridized carbons (Fsp3) is 0.286. The first kappa shape index (κ1) is 13.2. The van der Waals surface area contributed by atoms with Crippen molar-refractivity contribution in [2.45, 2.75) is 25.9 Å². The van der Waals surface area contributed by atoms with Gasteiger partial charge in [0.05, 0.1) is 6.10 Å². The fourth-order valence-electron chi connectivity index (χ4n) is 1.89. The van der Waals surface area contributed by atoms with Gasteiger partial charge in [0, 0.05) is 35.2 Å². The molecule has 0 saturated carbocycles. The van der Waals surface area contributed by atoms with Gasteiger partial charge >= 0.3 is 0 Å². The third-order valence-electron chi connectivity index (χ3n) is 2.87. The van der Waals surface area contributed by atoms with Crippen molar-refractivity contribution < 1.29 is 5.11 Å². The third kappa shape index (κ3) is 3.15. The summed E-state index contributed by atoms with van der Waals surface area (Å²) in [4.78, 5) is 8.36. The minimum absolute atomic E-state index is 0.518. The number of aromatic nitrogens is 2. The summed E-state index contributed by atoms with van der Waals surface area (Å²) < 4.78 is 0.943. The standard InChI is InChI=1S/C14H15BrN2O/c1-2-10-8-16-6-5-13(10)14(18)7-12-4-3-11(15)9-17-12/h3-6,8-9,14,18H,2,7H2,1H3. The number of hydrogen-bond acceptors (Lipinski definition) is 3. The number of aryl methyl sites for hydroxylation is 1. The highest BCUT2D eigenvalue weighted by atomic mass is 79.9. The Labute approximate surface area is 115 Å². The Morgan fingerprint density at radius 2 is 2.11 bits per heavy atom. The number of nitrogens with zero attached hydrogens (tertiary/aromatic N) is 2. The first-order valence-electron chi connectivity index (χ1n) is 5.92. The van der Waals surface area contributed by atoms with Gasteiger partial charge in [0.2, 0.25) is 0 Å². The van der Waals surface area contributed by atoms with Crippen molar-refractivity contribution in [3.63, 3.8) is 0 Å². The first-order chi connectivity index (χ1) is 8.70. The number of aliphatic hydroxyl groups excluding tert-OH is 1. The summed E-state index contributed by atoms with van der Waals surface area (Å²) in [6.45, 7) is 2.06. The number of aliphatic hydroxyl groups is 1. The summed E-state index contributed by atoms with van der Waals surface area (Å²) in [5.41, 5.74) is 2.91. The van der Waals surface area contributed by atoms with Gasteiger partial charge in [0.25, 0.3) is 0 Å². The van der Waals surface area contributed by atoms with Crippen molar-refractivity contribution in [1.82, 2.24) is 9.97 Å². The van der Waals surface area contributed by atoms with E-state index in [1.165, 1.54) is 0 Å². The van der Waals surface area contributed by atoms with Crippen LogP contribution in [-0.4, -0.2) is 15.1 Å². The van der Waals surface area contributed by atoms with E-state index in [2.05, 4.69) is 32.8 Å². The maximum absolute atomic E-state index is 10.3. The van der Waals surface area contributed by atoms with E-state index in [-0.39, 0.29) is 0 Å². The molecular weight excluding hydrogens is 292 g/mol. The molecule has 1 N–H and O–H groups in total. The quantitative estimate of drug-likeness (QED) is 0.944. The summed E-state index contributed by atoms with van der Waals surface area (Å²) in [5.74, 6) is 0. The highest BCUT2D eigenvalue weighted by Crippen LogP contribution is 2.21. The van der Waals surface area contributed by atoms with Crippen molar-refractivity contribution in [1.29, 1.82) is 0 Å². The van der Waals surface area contributed by atoms with E-state index in [0.29, 0.717) is 6.42 Å². The van der Waals surface area contributed by atoms with Crippen LogP contribution in [0.4, 0.5) is 0 Å². The zero-order valence-electron chi connectivity index (χ0n) is 10.2. The smallest absolute Gasteiger partial charge is 0.0849 e. The second-order valence-electron chi connectivity index (χ2n) is 4.12. The van der Waals surface area contributed by atoms with Gasteiger partial charge in [-0.3, -0.25) is 9.97 Å². The minimum Gasteiger partial charge on any atom is -0.388 e. The molecule has 0 amide bonds. The summed E-state index contributed by atoms with van der Waals surface area (Å²) in [6, 6.07) is 5.73. The van der Waals surface area contributed by atoms with Gasteiger partial charge in [-0.15, -0.1) is 0 Å². The lowest BCUT2D eigenvalue weighted by molar-refractivity contribution is 0.176. The fourth-order valence-corrected chi connectivity index (χ4v) is 2.13. The Morgan fingerprint density at radius 3 is 2.78 bits per heavy atom. The average Bonchev–Trinajstić information content (AvgIpc) is 2.41. The zero-order valence-corrected chi connectivity index (χ0v) is 11.8. The Bertz CT molecular complexity index is 513. The molecule has 2 rings (SSSR count). The van der Waals surface area contributed by atoms with Crippen LogP contribution in [0.5, 0.6) is 0 Å². The largest absolute Gasteiger partial charge is 0.388 e. The van der Waals surface area contributed by atoms with Gasteiger partial charge in [-0.2, -0.15) is 0 Å². The Hall–Kier alpha value is -1.26. The maximum atomic E-state index is 10.3. The normalized spacial score (nSPS) is 12.4. The number of rotatable bonds is 4. The molecule has 1 atom stereocenters. The van der Waals surface area contributed by atoms with E-state index in [9.17, 15) is 5.11 Å². The molecule has 0 spiro atoms. The highest BCUT2D eigenvalue weighted by Gasteiger charge is 2.12. The lowest BCUT2D eigenvalue weighted by Crippen LogP contribution is -2.06. The van der Waals surface area contributed by atoms with Crippen molar-refractivity contribution >= 4 is 15.9 Å². The molecule has 2 heterocycles. The van der Waals surface area contributed by atoms with E-state index in [1.807, 2.05) is 24.4 Å². The third-order valence-corrected chi connectivity index (χ3v) is 3.34. The predicted molar refractivity (Wildman–Crippen MR) is 74.2 cm³/mol. The molecule has 0 aliphatic rings. The topological polar surface area (TPSA) is 46.0 Å². The zero-order chi connectivity index (χ0) is 13.0. The van der Waals surface area contributed by atoms with Gasteiger partial charge < -0.3 is 5.11 Å². The molecule has 94 valence electrons. The summed E-state index contributed by atoms with van der Waals surface area (Å²) in [7, 11) is 0. The van der Waals surface area contributed by atoms with Crippen LogP contribution >= 0.6 is 15.9 Å². The van der Waals surface area contributed by atoms with Crippen LogP contribution in [0.15, 0.2) is 41.3 Å². The summed E-state index contributed by atoms with van der Waals surface area (Å²) >= 11 is 3.35. The van der Waals surface area contributed by atoms with E-state index in [0.717, 1.165) is 27.7 Å². The van der Waals surface area contributed by atoms with Crippen molar-refractivity contribution in [3.05, 3.63) is 58.1 Å². The maximum Gasteiger partial charge on any atom is 0.0849 e. The summed E-state index contributed by atoms with van der Waals surface area (Å²) in [5, 5.41) is 10.3. The molecule has 1 unspecified atom stereocenters. The van der Waals surface area contributed by atoms with Crippen LogP contribution in [0.1, 0.15) is 29.8 Å². The molecule has 3 nitrogen and oxygen atoms in total. The van der Waals surface area contributed by atoms with Gasteiger partial charge in [0.15, 0.2) is 0 Å². The Morgan fingerprint density at radius 1 is 1.28 bits per heavy atom. The number of hydrogen-bond donors (Lipinski definition) is 1. The Kier molecular flexibility index (Phi) is 4.44. The molecule has 0 aliphatic carbocycles. The molecule has 18 heavy (non-hydrogen) atoms. The van der Waals surface area contributed by atoms with Crippen LogP contribution in [-0.2, 0) is 12.8 Å². The molecule has 0 saturated heterocycles. The van der Waals surface area contributed by atoms with E-state index < -0.39 is 6.10 Å².